The van der Waals surface area contributed by atoms with Gasteiger partial charge in [0, 0.05) is 18.7 Å². The maximum atomic E-state index is 14.7. The van der Waals surface area contributed by atoms with Crippen molar-refractivity contribution in [2.45, 2.75) is 12.0 Å². The summed E-state index contributed by atoms with van der Waals surface area (Å²) in [5, 5.41) is 0. The number of nitrogens with two attached hydrogens (primary N) is 1. The van der Waals surface area contributed by atoms with E-state index in [1.807, 2.05) is 53.4 Å². The van der Waals surface area contributed by atoms with Crippen molar-refractivity contribution in [3.05, 3.63) is 89.7 Å². The van der Waals surface area contributed by atoms with Gasteiger partial charge < -0.3 is 10.5 Å². The average Bonchev–Trinajstić information content (AvgIpc) is 3.14. The van der Waals surface area contributed by atoms with Gasteiger partial charge in [-0.05, 0) is 53.4 Å². The zero-order valence-corrected chi connectivity index (χ0v) is 17.2. The van der Waals surface area contributed by atoms with E-state index in [9.17, 15) is 4.39 Å². The van der Waals surface area contributed by atoms with Crippen molar-refractivity contribution in [1.29, 1.82) is 0 Å². The molecular weight excluding hydrogens is 391 g/mol. The smallest absolute Gasteiger partial charge is 0.198 e. The average molecular weight is 413 g/mol. The normalized spacial score (nSPS) is 20.1. The number of amidine groups is 1. The van der Waals surface area contributed by atoms with E-state index in [-0.39, 0.29) is 5.82 Å². The van der Waals surface area contributed by atoms with Crippen LogP contribution in [0, 0.1) is 11.9 Å². The third-order valence-corrected chi connectivity index (χ3v) is 5.84. The van der Waals surface area contributed by atoms with Gasteiger partial charge in [0.15, 0.2) is 11.5 Å². The zero-order chi connectivity index (χ0) is 21.4. The van der Waals surface area contributed by atoms with Gasteiger partial charge in [-0.3, -0.25) is 9.89 Å². The van der Waals surface area contributed by atoms with Crippen LogP contribution >= 0.6 is 0 Å². The van der Waals surface area contributed by atoms with E-state index in [1.54, 1.807) is 19.2 Å². The Balaban J connectivity index is 1.73. The van der Waals surface area contributed by atoms with Crippen LogP contribution in [0.3, 0.4) is 0 Å². The molecule has 1 unspecified atom stereocenters. The predicted molar refractivity (Wildman–Crippen MR) is 120 cm³/mol. The highest BCUT2D eigenvalue weighted by Gasteiger charge is 2.49. The lowest BCUT2D eigenvalue weighted by Gasteiger charge is -2.33. The van der Waals surface area contributed by atoms with E-state index in [1.165, 1.54) is 6.07 Å². The first kappa shape index (κ1) is 19.3. The Labute approximate surface area is 180 Å². The second-order valence-corrected chi connectivity index (χ2v) is 7.61. The molecule has 5 nitrogen and oxygen atoms in total. The maximum absolute atomic E-state index is 14.7. The molecule has 6 heteroatoms. The lowest BCUT2D eigenvalue weighted by molar-refractivity contribution is 0.414. The van der Waals surface area contributed by atoms with Gasteiger partial charge in [0.2, 0.25) is 0 Å². The number of fused-ring (bicyclic) bond motifs is 1. The van der Waals surface area contributed by atoms with Crippen molar-refractivity contribution in [3.63, 3.8) is 0 Å². The van der Waals surface area contributed by atoms with E-state index >= 15 is 0 Å². The Morgan fingerprint density at radius 2 is 1.94 bits per heavy atom. The van der Waals surface area contributed by atoms with Crippen LogP contribution in [-0.4, -0.2) is 36.9 Å². The fraction of sp³-hybridized carbons (Fsp3) is 0.200. The van der Waals surface area contributed by atoms with Gasteiger partial charge in [0.1, 0.15) is 17.4 Å². The summed E-state index contributed by atoms with van der Waals surface area (Å²) in [7, 11) is 1.57. The standard InChI is InChI=1S/C25H22FN4O/c1-31-20-11-12-22(26)21(16-20)17-7-5-10-19(15-17)25(18-8-3-2-4-9-18)23-28-13-6-14-30(23)24(27)29-25/h3-5,7-12,15-16H,6,13-14H2,1H3,(H2,27,29). The Hall–Kier alpha value is -3.67. The Kier molecular flexibility index (Phi) is 4.70. The summed E-state index contributed by atoms with van der Waals surface area (Å²) < 4.78 is 20.0. The molecule has 0 bridgehead atoms. The zero-order valence-electron chi connectivity index (χ0n) is 17.2. The number of ether oxygens (including phenoxy) is 1. The van der Waals surface area contributed by atoms with Crippen molar-refractivity contribution >= 4 is 11.8 Å². The summed E-state index contributed by atoms with van der Waals surface area (Å²) in [6.07, 6.45) is 0.924. The van der Waals surface area contributed by atoms with Crippen LogP contribution < -0.4 is 10.5 Å². The third kappa shape index (κ3) is 3.06. The Bertz CT molecular complexity index is 1190. The molecule has 0 aromatic heterocycles. The first-order valence-electron chi connectivity index (χ1n) is 10.2. The van der Waals surface area contributed by atoms with E-state index in [2.05, 4.69) is 6.07 Å². The highest BCUT2D eigenvalue weighted by atomic mass is 19.1. The van der Waals surface area contributed by atoms with Crippen LogP contribution in [-0.2, 0) is 5.54 Å². The second-order valence-electron chi connectivity index (χ2n) is 7.61. The first-order valence-corrected chi connectivity index (χ1v) is 10.2. The van der Waals surface area contributed by atoms with Gasteiger partial charge >= 0.3 is 0 Å². The molecule has 0 saturated heterocycles. The van der Waals surface area contributed by atoms with Crippen LogP contribution in [0.5, 0.6) is 5.75 Å². The molecule has 0 aliphatic carbocycles. The third-order valence-electron chi connectivity index (χ3n) is 5.84. The molecule has 2 N–H and O–H groups in total. The van der Waals surface area contributed by atoms with Gasteiger partial charge in [0.25, 0.3) is 0 Å². The van der Waals surface area contributed by atoms with Crippen molar-refractivity contribution in [2.75, 3.05) is 20.2 Å². The SMILES string of the molecule is COc1ccc(F)c(-c2cccc(C3(c4cc[c]cc4)N=C(N)N4CCCN=C43)c2)c1. The molecule has 5 rings (SSSR count). The molecule has 0 fully saturated rings. The monoisotopic (exact) mass is 413 g/mol. The summed E-state index contributed by atoms with van der Waals surface area (Å²) in [5.41, 5.74) is 8.51. The van der Waals surface area contributed by atoms with Gasteiger partial charge in [-0.15, -0.1) is 0 Å². The van der Waals surface area contributed by atoms with Crippen LogP contribution in [0.25, 0.3) is 11.1 Å². The van der Waals surface area contributed by atoms with Crippen molar-refractivity contribution in [3.8, 4) is 16.9 Å². The van der Waals surface area contributed by atoms with Crippen molar-refractivity contribution < 1.29 is 9.13 Å². The number of aliphatic imine (C=N–C) groups is 2. The summed E-state index contributed by atoms with van der Waals surface area (Å²) in [6, 6.07) is 23.3. The van der Waals surface area contributed by atoms with E-state index in [0.717, 1.165) is 42.0 Å². The molecule has 0 amide bonds. The molecule has 0 spiro atoms. The summed E-state index contributed by atoms with van der Waals surface area (Å²) >= 11 is 0. The highest BCUT2D eigenvalue weighted by molar-refractivity contribution is 6.12. The number of halogens is 1. The largest absolute Gasteiger partial charge is 0.497 e. The highest BCUT2D eigenvalue weighted by Crippen LogP contribution is 2.42. The number of hydrogen-bond acceptors (Lipinski definition) is 5. The van der Waals surface area contributed by atoms with E-state index in [4.69, 9.17) is 20.5 Å². The molecule has 1 radical (unpaired) electrons. The number of rotatable bonds is 4. The molecule has 31 heavy (non-hydrogen) atoms. The van der Waals surface area contributed by atoms with Gasteiger partial charge in [0.05, 0.1) is 7.11 Å². The van der Waals surface area contributed by atoms with Crippen LogP contribution in [0.2, 0.25) is 0 Å². The predicted octanol–water partition coefficient (Wildman–Crippen LogP) is 3.98. The maximum Gasteiger partial charge on any atom is 0.198 e. The minimum Gasteiger partial charge on any atom is -0.497 e. The topological polar surface area (TPSA) is 63.2 Å². The fourth-order valence-electron chi connectivity index (χ4n) is 4.37. The quantitative estimate of drug-likeness (QED) is 0.704. The number of methoxy groups -OCH3 is 1. The molecule has 2 aliphatic heterocycles. The molecule has 3 aromatic carbocycles. The van der Waals surface area contributed by atoms with Crippen molar-refractivity contribution in [1.82, 2.24) is 4.90 Å². The van der Waals surface area contributed by atoms with Crippen molar-refractivity contribution in [2.24, 2.45) is 15.7 Å². The lowest BCUT2D eigenvalue weighted by atomic mass is 9.81. The number of guanidine groups is 1. The first-order chi connectivity index (χ1) is 15.1. The van der Waals surface area contributed by atoms with E-state index in [0.29, 0.717) is 17.3 Å². The minimum absolute atomic E-state index is 0.313. The summed E-state index contributed by atoms with van der Waals surface area (Å²) in [4.78, 5) is 11.8. The summed E-state index contributed by atoms with van der Waals surface area (Å²) in [6.45, 7) is 1.50. The fourth-order valence-corrected chi connectivity index (χ4v) is 4.37. The van der Waals surface area contributed by atoms with Gasteiger partial charge in [-0.1, -0.05) is 42.5 Å². The van der Waals surface area contributed by atoms with Crippen LogP contribution in [0.15, 0.2) is 76.7 Å². The number of nitrogens with zero attached hydrogens (tertiary/aromatic N) is 3. The molecule has 0 saturated carbocycles. The van der Waals surface area contributed by atoms with Gasteiger partial charge in [-0.2, -0.15) is 0 Å². The van der Waals surface area contributed by atoms with E-state index < -0.39 is 5.54 Å². The lowest BCUT2D eigenvalue weighted by Crippen LogP contribution is -2.46. The van der Waals surface area contributed by atoms with Crippen LogP contribution in [0.1, 0.15) is 17.5 Å². The second kappa shape index (κ2) is 7.54. The molecule has 2 heterocycles. The molecule has 2 aliphatic rings. The Morgan fingerprint density at radius 3 is 2.74 bits per heavy atom. The minimum atomic E-state index is -0.884. The molecule has 155 valence electrons. The van der Waals surface area contributed by atoms with Gasteiger partial charge in [-0.25, -0.2) is 9.38 Å². The number of hydrogen-bond donors (Lipinski definition) is 1. The van der Waals surface area contributed by atoms with Crippen LogP contribution in [0.4, 0.5) is 4.39 Å². The molecule has 3 aromatic rings. The number of benzene rings is 3. The molecular formula is C25H22FN4O. The summed E-state index contributed by atoms with van der Waals surface area (Å²) in [5.74, 6) is 1.54. The Morgan fingerprint density at radius 1 is 1.10 bits per heavy atom. The molecule has 1 atom stereocenters.